The van der Waals surface area contributed by atoms with Crippen molar-refractivity contribution < 1.29 is 0 Å². The molecule has 0 aliphatic rings. The number of nitrogens with one attached hydrogen (secondary N) is 2. The summed E-state index contributed by atoms with van der Waals surface area (Å²) >= 11 is 6.48. The SMILES string of the molecule is C=C(NCc1cc2cc(Cl)c(-c3cnc(C)cn3)cc2[nH]1)C(CC)CC. The Bertz CT molecular complexity index is 908. The summed E-state index contributed by atoms with van der Waals surface area (Å²) in [5, 5.41) is 5.21. The molecule has 0 amide bonds. The van der Waals surface area contributed by atoms with Gasteiger partial charge in [0.1, 0.15) is 0 Å². The van der Waals surface area contributed by atoms with E-state index in [2.05, 4.69) is 46.8 Å². The van der Waals surface area contributed by atoms with Gasteiger partial charge in [0.2, 0.25) is 0 Å². The molecule has 2 aromatic heterocycles. The molecule has 0 radical (unpaired) electrons. The Balaban J connectivity index is 1.83. The normalized spacial score (nSPS) is 11.3. The molecule has 2 heterocycles. The standard InChI is InChI=1S/C21H25ClN4/c1-5-15(6-2)14(4)24-11-17-7-16-8-19(22)18(9-20(16)26-17)21-12-23-13(3)10-25-21/h7-10,12,15,24,26H,4-6,11H2,1-3H3. The Morgan fingerprint density at radius 3 is 2.62 bits per heavy atom. The van der Waals surface area contributed by atoms with Crippen molar-refractivity contribution in [1.82, 2.24) is 20.3 Å². The summed E-state index contributed by atoms with van der Waals surface area (Å²) in [5.41, 5.74) is 5.79. The van der Waals surface area contributed by atoms with Crippen molar-refractivity contribution in [2.24, 2.45) is 5.92 Å². The van der Waals surface area contributed by atoms with E-state index >= 15 is 0 Å². The van der Waals surface area contributed by atoms with E-state index in [4.69, 9.17) is 11.6 Å². The van der Waals surface area contributed by atoms with Crippen molar-refractivity contribution in [3.63, 3.8) is 0 Å². The largest absolute Gasteiger partial charge is 0.383 e. The molecule has 0 saturated carbocycles. The molecule has 0 aliphatic carbocycles. The molecular weight excluding hydrogens is 344 g/mol. The van der Waals surface area contributed by atoms with Crippen molar-refractivity contribution in [2.75, 3.05) is 0 Å². The van der Waals surface area contributed by atoms with Crippen LogP contribution in [0.3, 0.4) is 0 Å². The van der Waals surface area contributed by atoms with E-state index in [1.165, 1.54) is 0 Å². The molecule has 0 saturated heterocycles. The first-order valence-electron chi connectivity index (χ1n) is 9.04. The Morgan fingerprint density at radius 2 is 1.96 bits per heavy atom. The van der Waals surface area contributed by atoms with E-state index in [0.717, 1.165) is 58.6 Å². The van der Waals surface area contributed by atoms with Gasteiger partial charge < -0.3 is 10.3 Å². The van der Waals surface area contributed by atoms with Crippen LogP contribution in [0.4, 0.5) is 0 Å². The highest BCUT2D eigenvalue weighted by Crippen LogP contribution is 2.31. The number of H-pyrrole nitrogens is 1. The Kier molecular flexibility index (Phi) is 5.62. The molecule has 0 aliphatic heterocycles. The smallest absolute Gasteiger partial charge is 0.0901 e. The summed E-state index contributed by atoms with van der Waals surface area (Å²) in [7, 11) is 0. The molecule has 0 fully saturated rings. The van der Waals surface area contributed by atoms with Crippen molar-refractivity contribution in [3.05, 3.63) is 59.3 Å². The predicted molar refractivity (Wildman–Crippen MR) is 109 cm³/mol. The van der Waals surface area contributed by atoms with Gasteiger partial charge in [-0.05, 0) is 43.9 Å². The molecule has 1 aromatic carbocycles. The third kappa shape index (κ3) is 3.91. The number of benzene rings is 1. The van der Waals surface area contributed by atoms with Crippen molar-refractivity contribution in [2.45, 2.75) is 40.2 Å². The van der Waals surface area contributed by atoms with Gasteiger partial charge >= 0.3 is 0 Å². The third-order valence-electron chi connectivity index (χ3n) is 4.81. The van der Waals surface area contributed by atoms with Crippen LogP contribution in [0.25, 0.3) is 22.2 Å². The van der Waals surface area contributed by atoms with Crippen molar-refractivity contribution in [3.8, 4) is 11.3 Å². The first kappa shape index (κ1) is 18.5. The maximum atomic E-state index is 6.48. The Morgan fingerprint density at radius 1 is 1.19 bits per heavy atom. The highest BCUT2D eigenvalue weighted by Gasteiger charge is 2.11. The van der Waals surface area contributed by atoms with Crippen LogP contribution in [0.15, 0.2) is 42.9 Å². The average molecular weight is 369 g/mol. The molecule has 4 nitrogen and oxygen atoms in total. The topological polar surface area (TPSA) is 53.6 Å². The molecule has 2 N–H and O–H groups in total. The van der Waals surface area contributed by atoms with Gasteiger partial charge in [-0.25, -0.2) is 0 Å². The lowest BCUT2D eigenvalue weighted by Gasteiger charge is -2.17. The van der Waals surface area contributed by atoms with Crippen LogP contribution in [0, 0.1) is 12.8 Å². The van der Waals surface area contributed by atoms with E-state index in [9.17, 15) is 0 Å². The number of hydrogen-bond acceptors (Lipinski definition) is 3. The first-order valence-corrected chi connectivity index (χ1v) is 9.42. The fourth-order valence-electron chi connectivity index (χ4n) is 3.17. The molecule has 26 heavy (non-hydrogen) atoms. The molecule has 3 rings (SSSR count). The summed E-state index contributed by atoms with van der Waals surface area (Å²) in [6.07, 6.45) is 5.72. The Labute approximate surface area is 159 Å². The number of aryl methyl sites for hydroxylation is 1. The van der Waals surface area contributed by atoms with Gasteiger partial charge in [-0.1, -0.05) is 32.0 Å². The van der Waals surface area contributed by atoms with E-state index in [0.29, 0.717) is 10.9 Å². The minimum absolute atomic E-state index is 0.514. The Hall–Kier alpha value is -2.33. The second-order valence-corrected chi connectivity index (χ2v) is 7.06. The van der Waals surface area contributed by atoms with E-state index < -0.39 is 0 Å². The van der Waals surface area contributed by atoms with Gasteiger partial charge in [-0.15, -0.1) is 0 Å². The minimum Gasteiger partial charge on any atom is -0.383 e. The number of allylic oxidation sites excluding steroid dienone is 1. The lowest BCUT2D eigenvalue weighted by molar-refractivity contribution is 0.526. The molecule has 5 heteroatoms. The minimum atomic E-state index is 0.514. The fraction of sp³-hybridized carbons (Fsp3) is 0.333. The molecule has 0 spiro atoms. The average Bonchev–Trinajstić information content (AvgIpc) is 3.03. The van der Waals surface area contributed by atoms with Gasteiger partial charge in [0.25, 0.3) is 0 Å². The molecule has 136 valence electrons. The monoisotopic (exact) mass is 368 g/mol. The number of aromatic amines is 1. The van der Waals surface area contributed by atoms with Crippen LogP contribution < -0.4 is 5.32 Å². The van der Waals surface area contributed by atoms with Crippen LogP contribution in [0.2, 0.25) is 5.02 Å². The zero-order valence-corrected chi connectivity index (χ0v) is 16.3. The maximum absolute atomic E-state index is 6.48. The summed E-state index contributed by atoms with van der Waals surface area (Å²) < 4.78 is 0. The highest BCUT2D eigenvalue weighted by molar-refractivity contribution is 6.34. The van der Waals surface area contributed by atoms with Crippen LogP contribution in [-0.4, -0.2) is 15.0 Å². The number of fused-ring (bicyclic) bond motifs is 1. The zero-order valence-electron chi connectivity index (χ0n) is 15.6. The fourth-order valence-corrected chi connectivity index (χ4v) is 3.44. The van der Waals surface area contributed by atoms with Gasteiger partial charge in [0, 0.05) is 34.1 Å². The first-order chi connectivity index (χ1) is 12.5. The number of aromatic nitrogens is 3. The van der Waals surface area contributed by atoms with E-state index in [1.54, 1.807) is 12.4 Å². The summed E-state index contributed by atoms with van der Waals surface area (Å²) in [4.78, 5) is 12.2. The summed E-state index contributed by atoms with van der Waals surface area (Å²) in [5.74, 6) is 0.514. The molecule has 0 bridgehead atoms. The van der Waals surface area contributed by atoms with E-state index in [1.807, 2.05) is 19.1 Å². The van der Waals surface area contributed by atoms with E-state index in [-0.39, 0.29) is 0 Å². The second kappa shape index (κ2) is 7.92. The molecule has 0 unspecified atom stereocenters. The van der Waals surface area contributed by atoms with Crippen LogP contribution >= 0.6 is 11.6 Å². The van der Waals surface area contributed by atoms with Gasteiger partial charge in [-0.2, -0.15) is 0 Å². The molecule has 0 atom stereocenters. The highest BCUT2D eigenvalue weighted by atomic mass is 35.5. The lowest BCUT2D eigenvalue weighted by atomic mass is 10.0. The van der Waals surface area contributed by atoms with Crippen molar-refractivity contribution in [1.29, 1.82) is 0 Å². The quantitative estimate of drug-likeness (QED) is 0.568. The number of nitrogens with zero attached hydrogens (tertiary/aromatic N) is 2. The maximum Gasteiger partial charge on any atom is 0.0901 e. The lowest BCUT2D eigenvalue weighted by Crippen LogP contribution is -2.18. The predicted octanol–water partition coefficient (Wildman–Crippen LogP) is 5.63. The molecular formula is C21H25ClN4. The summed E-state index contributed by atoms with van der Waals surface area (Å²) in [6, 6.07) is 6.14. The number of halogens is 1. The molecule has 3 aromatic rings. The zero-order chi connectivity index (χ0) is 18.7. The number of rotatable bonds is 7. The van der Waals surface area contributed by atoms with Crippen molar-refractivity contribution >= 4 is 22.5 Å². The van der Waals surface area contributed by atoms with Gasteiger partial charge in [0.05, 0.1) is 29.2 Å². The number of hydrogen-bond donors (Lipinski definition) is 2. The van der Waals surface area contributed by atoms with Gasteiger partial charge in [-0.3, -0.25) is 9.97 Å². The van der Waals surface area contributed by atoms with Crippen LogP contribution in [0.5, 0.6) is 0 Å². The van der Waals surface area contributed by atoms with Gasteiger partial charge in [0.15, 0.2) is 0 Å². The van der Waals surface area contributed by atoms with Crippen LogP contribution in [-0.2, 0) is 6.54 Å². The summed E-state index contributed by atoms with van der Waals surface area (Å²) in [6.45, 7) is 11.2. The second-order valence-electron chi connectivity index (χ2n) is 6.65. The van der Waals surface area contributed by atoms with Crippen LogP contribution in [0.1, 0.15) is 38.1 Å². The third-order valence-corrected chi connectivity index (χ3v) is 5.12.